The Morgan fingerprint density at radius 2 is 1.96 bits per heavy atom. The third-order valence-electron chi connectivity index (χ3n) is 2.99. The number of carbonyl (C=O) groups is 1. The molecule has 0 aliphatic carbocycles. The van der Waals surface area contributed by atoms with E-state index in [0.717, 1.165) is 5.56 Å². The number of halogens is 2. The van der Waals surface area contributed by atoms with Gasteiger partial charge in [-0.2, -0.15) is 5.26 Å². The summed E-state index contributed by atoms with van der Waals surface area (Å²) in [7, 11) is 0. The van der Waals surface area contributed by atoms with Crippen molar-refractivity contribution >= 4 is 35.2 Å². The highest BCUT2D eigenvalue weighted by Gasteiger charge is 2.07. The van der Waals surface area contributed by atoms with Gasteiger partial charge in [0.25, 0.3) is 5.91 Å². The lowest BCUT2D eigenvalue weighted by Gasteiger charge is -2.10. The van der Waals surface area contributed by atoms with Crippen LogP contribution in [0.5, 0.6) is 5.75 Å². The van der Waals surface area contributed by atoms with E-state index in [1.54, 1.807) is 30.3 Å². The second-order valence-electron chi connectivity index (χ2n) is 4.60. The van der Waals surface area contributed by atoms with Crippen LogP contribution in [0, 0.1) is 11.3 Å². The average Bonchev–Trinajstić information content (AvgIpc) is 2.53. The van der Waals surface area contributed by atoms with Crippen LogP contribution < -0.4 is 10.5 Å². The summed E-state index contributed by atoms with van der Waals surface area (Å²) in [5, 5.41) is 9.80. The molecule has 0 unspecified atom stereocenters. The number of hydrogen-bond acceptors (Lipinski definition) is 3. The van der Waals surface area contributed by atoms with Crippen molar-refractivity contribution in [1.82, 2.24) is 0 Å². The van der Waals surface area contributed by atoms with Gasteiger partial charge in [0.1, 0.15) is 24.0 Å². The predicted molar refractivity (Wildman–Crippen MR) is 90.0 cm³/mol. The molecule has 0 atom stereocenters. The highest BCUT2D eigenvalue weighted by molar-refractivity contribution is 6.32. The summed E-state index contributed by atoms with van der Waals surface area (Å²) in [5.41, 5.74) is 6.36. The molecule has 4 nitrogen and oxygen atoms in total. The van der Waals surface area contributed by atoms with Crippen LogP contribution in [0.2, 0.25) is 10.0 Å². The Morgan fingerprint density at radius 1 is 1.22 bits per heavy atom. The van der Waals surface area contributed by atoms with Crippen LogP contribution in [-0.4, -0.2) is 5.91 Å². The molecule has 2 N–H and O–H groups in total. The average molecular weight is 347 g/mol. The maximum Gasteiger partial charge on any atom is 0.259 e. The van der Waals surface area contributed by atoms with Crippen molar-refractivity contribution in [1.29, 1.82) is 5.26 Å². The van der Waals surface area contributed by atoms with Crippen molar-refractivity contribution in [3.63, 3.8) is 0 Å². The van der Waals surface area contributed by atoms with Crippen LogP contribution in [0.25, 0.3) is 6.08 Å². The fourth-order valence-corrected chi connectivity index (χ4v) is 2.25. The van der Waals surface area contributed by atoms with E-state index in [1.807, 2.05) is 18.2 Å². The predicted octanol–water partition coefficient (Wildman–Crippen LogP) is 3.96. The van der Waals surface area contributed by atoms with Crippen LogP contribution in [0.1, 0.15) is 11.1 Å². The number of hydrogen-bond donors (Lipinski definition) is 1. The van der Waals surface area contributed by atoms with Crippen LogP contribution in [0.3, 0.4) is 0 Å². The van der Waals surface area contributed by atoms with Crippen LogP contribution in [0.4, 0.5) is 0 Å². The number of nitrogens with zero attached hydrogens (tertiary/aromatic N) is 1. The number of amides is 1. The van der Waals surface area contributed by atoms with Gasteiger partial charge in [-0.3, -0.25) is 4.79 Å². The minimum Gasteiger partial charge on any atom is -0.487 e. The Balaban J connectivity index is 2.16. The van der Waals surface area contributed by atoms with Gasteiger partial charge in [0.2, 0.25) is 0 Å². The molecule has 0 saturated carbocycles. The summed E-state index contributed by atoms with van der Waals surface area (Å²) in [4.78, 5) is 11.0. The zero-order valence-electron chi connectivity index (χ0n) is 11.9. The number of benzene rings is 2. The lowest BCUT2D eigenvalue weighted by atomic mass is 10.1. The summed E-state index contributed by atoms with van der Waals surface area (Å²) in [5.74, 6) is -0.316. The van der Waals surface area contributed by atoms with Gasteiger partial charge in [-0.1, -0.05) is 47.5 Å². The van der Waals surface area contributed by atoms with Gasteiger partial charge in [-0.05, 0) is 29.8 Å². The Bertz CT molecular complexity index is 810. The van der Waals surface area contributed by atoms with E-state index in [1.165, 1.54) is 6.08 Å². The quantitative estimate of drug-likeness (QED) is 0.657. The Kier molecular flexibility index (Phi) is 5.64. The highest BCUT2D eigenvalue weighted by atomic mass is 35.5. The maximum atomic E-state index is 11.0. The molecule has 0 aliphatic rings. The zero-order chi connectivity index (χ0) is 16.8. The second kappa shape index (κ2) is 7.68. The number of rotatable bonds is 5. The van der Waals surface area contributed by atoms with E-state index >= 15 is 0 Å². The topological polar surface area (TPSA) is 76.1 Å². The van der Waals surface area contributed by atoms with Crippen molar-refractivity contribution < 1.29 is 9.53 Å². The van der Waals surface area contributed by atoms with Gasteiger partial charge < -0.3 is 10.5 Å². The number of ether oxygens (including phenoxy) is 1. The molecule has 0 aliphatic heterocycles. The summed E-state index contributed by atoms with van der Waals surface area (Å²) in [6.07, 6.45) is 1.37. The lowest BCUT2D eigenvalue weighted by molar-refractivity contribution is -0.114. The smallest absolute Gasteiger partial charge is 0.259 e. The molecule has 23 heavy (non-hydrogen) atoms. The second-order valence-corrected chi connectivity index (χ2v) is 5.42. The summed E-state index contributed by atoms with van der Waals surface area (Å²) < 4.78 is 5.64. The standard InChI is InChI=1S/C17H12Cl2N2O2/c18-14-4-2-1-3-12(14)10-23-16-6-5-11(8-15(16)19)7-13(9-20)17(21)22/h1-8H,10H2,(H2,21,22)/b13-7+. The van der Waals surface area contributed by atoms with E-state index in [-0.39, 0.29) is 12.2 Å². The maximum absolute atomic E-state index is 11.0. The molecule has 0 spiro atoms. The van der Waals surface area contributed by atoms with Crippen molar-refractivity contribution in [2.45, 2.75) is 6.61 Å². The first kappa shape index (κ1) is 16.9. The van der Waals surface area contributed by atoms with Gasteiger partial charge in [-0.25, -0.2) is 0 Å². The van der Waals surface area contributed by atoms with E-state index in [2.05, 4.69) is 0 Å². The largest absolute Gasteiger partial charge is 0.487 e. The number of nitriles is 1. The molecule has 0 fully saturated rings. The Morgan fingerprint density at radius 3 is 2.57 bits per heavy atom. The molecule has 1 amide bonds. The summed E-state index contributed by atoms with van der Waals surface area (Å²) in [6, 6.07) is 14.0. The minimum absolute atomic E-state index is 0.147. The summed E-state index contributed by atoms with van der Waals surface area (Å²) >= 11 is 12.2. The van der Waals surface area contributed by atoms with E-state index in [9.17, 15) is 4.79 Å². The monoisotopic (exact) mass is 346 g/mol. The molecule has 0 radical (unpaired) electrons. The van der Waals surface area contributed by atoms with Gasteiger partial charge >= 0.3 is 0 Å². The lowest BCUT2D eigenvalue weighted by Crippen LogP contribution is -2.12. The van der Waals surface area contributed by atoms with E-state index < -0.39 is 5.91 Å². The van der Waals surface area contributed by atoms with E-state index in [4.69, 9.17) is 38.9 Å². The molecule has 0 bridgehead atoms. The molecule has 2 aromatic rings. The van der Waals surface area contributed by atoms with Crippen molar-refractivity contribution in [2.24, 2.45) is 5.73 Å². The van der Waals surface area contributed by atoms with Gasteiger partial charge in [0.05, 0.1) is 5.02 Å². The molecule has 116 valence electrons. The third kappa shape index (κ3) is 4.49. The Hall–Kier alpha value is -2.48. The molecule has 6 heteroatoms. The molecular weight excluding hydrogens is 335 g/mol. The third-order valence-corrected chi connectivity index (χ3v) is 3.66. The van der Waals surface area contributed by atoms with Crippen LogP contribution in [-0.2, 0) is 11.4 Å². The summed E-state index contributed by atoms with van der Waals surface area (Å²) in [6.45, 7) is 0.277. The molecule has 0 heterocycles. The van der Waals surface area contributed by atoms with Crippen molar-refractivity contribution in [2.75, 3.05) is 0 Å². The number of nitrogens with two attached hydrogens (primary N) is 1. The first-order chi connectivity index (χ1) is 11.0. The van der Waals surface area contributed by atoms with Crippen molar-refractivity contribution in [3.8, 4) is 11.8 Å². The van der Waals surface area contributed by atoms with Gasteiger partial charge in [-0.15, -0.1) is 0 Å². The fourth-order valence-electron chi connectivity index (χ4n) is 1.82. The number of primary amides is 1. The molecule has 0 saturated heterocycles. The molecule has 2 rings (SSSR count). The van der Waals surface area contributed by atoms with Gasteiger partial charge in [0.15, 0.2) is 0 Å². The van der Waals surface area contributed by atoms with Crippen molar-refractivity contribution in [3.05, 3.63) is 69.2 Å². The Labute approximate surface area is 143 Å². The minimum atomic E-state index is -0.789. The van der Waals surface area contributed by atoms with Crippen LogP contribution >= 0.6 is 23.2 Å². The highest BCUT2D eigenvalue weighted by Crippen LogP contribution is 2.28. The molecule has 0 aromatic heterocycles. The SMILES string of the molecule is N#C/C(=C\c1ccc(OCc2ccccc2Cl)c(Cl)c1)C(N)=O. The normalized spacial score (nSPS) is 10.9. The molecular formula is C17H12Cl2N2O2. The first-order valence-corrected chi connectivity index (χ1v) is 7.34. The fraction of sp³-hybridized carbons (Fsp3) is 0.0588. The van der Waals surface area contributed by atoms with E-state index in [0.29, 0.717) is 21.4 Å². The number of carbonyl (C=O) groups excluding carboxylic acids is 1. The first-order valence-electron chi connectivity index (χ1n) is 6.58. The van der Waals surface area contributed by atoms with Gasteiger partial charge in [0, 0.05) is 10.6 Å². The van der Waals surface area contributed by atoms with Crippen LogP contribution in [0.15, 0.2) is 48.0 Å². The zero-order valence-corrected chi connectivity index (χ0v) is 13.4. The molecule has 2 aromatic carbocycles.